The fourth-order valence-corrected chi connectivity index (χ4v) is 3.27. The van der Waals surface area contributed by atoms with Gasteiger partial charge < -0.3 is 9.47 Å². The molecule has 0 unspecified atom stereocenters. The van der Waals surface area contributed by atoms with E-state index in [0.717, 1.165) is 4.90 Å². The van der Waals surface area contributed by atoms with Crippen LogP contribution >= 0.6 is 0 Å². The van der Waals surface area contributed by atoms with Crippen molar-refractivity contribution >= 4 is 17.5 Å². The smallest absolute Gasteiger partial charge is 0.266 e. The average Bonchev–Trinajstić information content (AvgIpc) is 3.00. The summed E-state index contributed by atoms with van der Waals surface area (Å²) < 4.78 is 11.0. The van der Waals surface area contributed by atoms with Crippen molar-refractivity contribution in [2.45, 2.75) is 6.92 Å². The Hall–Kier alpha value is -4.11. The van der Waals surface area contributed by atoms with Crippen LogP contribution in [0.4, 0.5) is 5.69 Å². The topological polar surface area (TPSA) is 79.6 Å². The number of nitrogens with zero attached hydrogens (tertiary/aromatic N) is 2. The fourth-order valence-electron chi connectivity index (χ4n) is 3.27. The van der Waals surface area contributed by atoms with Crippen LogP contribution in [0.15, 0.2) is 60.7 Å². The second-order valence-corrected chi connectivity index (χ2v) is 6.52. The highest BCUT2D eigenvalue weighted by Crippen LogP contribution is 2.36. The molecule has 0 aromatic heterocycles. The van der Waals surface area contributed by atoms with E-state index in [-0.39, 0.29) is 5.75 Å². The number of carbonyl (C=O) groups excluding carboxylic acids is 2. The largest absolute Gasteiger partial charge is 0.497 e. The predicted molar refractivity (Wildman–Crippen MR) is 107 cm³/mol. The number of nitriles is 1. The van der Waals surface area contributed by atoms with E-state index in [1.807, 2.05) is 0 Å². The molecular formula is C23H16N2O4. The van der Waals surface area contributed by atoms with Gasteiger partial charge in [-0.25, -0.2) is 4.90 Å². The zero-order chi connectivity index (χ0) is 20.5. The maximum Gasteiger partial charge on any atom is 0.266 e. The van der Waals surface area contributed by atoms with Crippen LogP contribution in [0.25, 0.3) is 0 Å². The van der Waals surface area contributed by atoms with Crippen molar-refractivity contribution in [3.05, 3.63) is 82.9 Å². The summed E-state index contributed by atoms with van der Waals surface area (Å²) in [6.07, 6.45) is 0. The second kappa shape index (κ2) is 7.13. The quantitative estimate of drug-likeness (QED) is 0.620. The molecule has 0 atom stereocenters. The van der Waals surface area contributed by atoms with Gasteiger partial charge in [0.2, 0.25) is 0 Å². The summed E-state index contributed by atoms with van der Waals surface area (Å²) in [4.78, 5) is 26.8. The highest BCUT2D eigenvalue weighted by atomic mass is 16.5. The standard InChI is InChI=1S/C23H16N2O4/c1-14-11-15(13-24)21(29-17-9-7-16(28-2)8-10-17)12-20(14)25-22(26)18-5-3-4-6-19(18)23(25)27/h3-12H,1-2H3. The van der Waals surface area contributed by atoms with Crippen molar-refractivity contribution in [2.24, 2.45) is 0 Å². The van der Waals surface area contributed by atoms with Crippen molar-refractivity contribution in [3.8, 4) is 23.3 Å². The molecule has 2 amide bonds. The number of carbonyl (C=O) groups is 2. The van der Waals surface area contributed by atoms with Crippen molar-refractivity contribution in [1.82, 2.24) is 0 Å². The molecule has 1 aliphatic heterocycles. The van der Waals surface area contributed by atoms with Gasteiger partial charge in [0.15, 0.2) is 0 Å². The van der Waals surface area contributed by atoms with Crippen LogP contribution in [0.2, 0.25) is 0 Å². The molecule has 6 heteroatoms. The van der Waals surface area contributed by atoms with Gasteiger partial charge in [-0.1, -0.05) is 12.1 Å². The Kier molecular flexibility index (Phi) is 4.49. The molecule has 0 saturated heterocycles. The van der Waals surface area contributed by atoms with Gasteiger partial charge in [0, 0.05) is 6.07 Å². The molecule has 0 radical (unpaired) electrons. The average molecular weight is 384 g/mol. The van der Waals surface area contributed by atoms with Crippen LogP contribution in [0.1, 0.15) is 31.8 Å². The van der Waals surface area contributed by atoms with Crippen molar-refractivity contribution in [2.75, 3.05) is 12.0 Å². The van der Waals surface area contributed by atoms with E-state index in [9.17, 15) is 14.9 Å². The molecule has 142 valence electrons. The number of imide groups is 1. The minimum absolute atomic E-state index is 0.259. The highest BCUT2D eigenvalue weighted by molar-refractivity contribution is 6.34. The fraction of sp³-hybridized carbons (Fsp3) is 0.0870. The lowest BCUT2D eigenvalue weighted by atomic mass is 10.1. The van der Waals surface area contributed by atoms with Gasteiger partial charge in [0.25, 0.3) is 11.8 Å². The number of aryl methyl sites for hydroxylation is 1. The zero-order valence-electron chi connectivity index (χ0n) is 15.8. The first-order valence-corrected chi connectivity index (χ1v) is 8.88. The number of hydrogen-bond donors (Lipinski definition) is 0. The second-order valence-electron chi connectivity index (χ2n) is 6.52. The normalized spacial score (nSPS) is 12.5. The Labute approximate surface area is 167 Å². The van der Waals surface area contributed by atoms with Gasteiger partial charge in [-0.3, -0.25) is 9.59 Å². The van der Waals surface area contributed by atoms with E-state index in [1.165, 1.54) is 0 Å². The molecule has 3 aromatic carbocycles. The van der Waals surface area contributed by atoms with Crippen LogP contribution in [-0.2, 0) is 0 Å². The lowest BCUT2D eigenvalue weighted by Crippen LogP contribution is -2.30. The summed E-state index contributed by atoms with van der Waals surface area (Å²) in [5.41, 5.74) is 2.04. The maximum absolute atomic E-state index is 12.8. The number of benzene rings is 3. The van der Waals surface area contributed by atoms with E-state index in [4.69, 9.17) is 9.47 Å². The first kappa shape index (κ1) is 18.3. The SMILES string of the molecule is COc1ccc(Oc2cc(N3C(=O)c4ccccc4C3=O)c(C)cc2C#N)cc1. The van der Waals surface area contributed by atoms with Crippen LogP contribution < -0.4 is 14.4 Å². The Morgan fingerprint density at radius 1 is 0.897 bits per heavy atom. The third-order valence-electron chi connectivity index (χ3n) is 4.74. The summed E-state index contributed by atoms with van der Waals surface area (Å²) in [5, 5.41) is 9.51. The van der Waals surface area contributed by atoms with E-state index < -0.39 is 11.8 Å². The Morgan fingerprint density at radius 3 is 2.03 bits per heavy atom. The summed E-state index contributed by atoms with van der Waals surface area (Å²) >= 11 is 0. The number of anilines is 1. The molecular weight excluding hydrogens is 368 g/mol. The van der Waals surface area contributed by atoms with Crippen LogP contribution in [-0.4, -0.2) is 18.9 Å². The van der Waals surface area contributed by atoms with E-state index in [0.29, 0.717) is 39.4 Å². The van der Waals surface area contributed by atoms with Crippen molar-refractivity contribution in [1.29, 1.82) is 5.26 Å². The summed E-state index contributed by atoms with van der Waals surface area (Å²) in [5.74, 6) is 0.644. The van der Waals surface area contributed by atoms with E-state index in [2.05, 4.69) is 6.07 Å². The summed E-state index contributed by atoms with van der Waals surface area (Å²) in [7, 11) is 1.57. The molecule has 29 heavy (non-hydrogen) atoms. The molecule has 0 fully saturated rings. The number of rotatable bonds is 4. The van der Waals surface area contributed by atoms with Gasteiger partial charge in [-0.2, -0.15) is 5.26 Å². The predicted octanol–water partition coefficient (Wildman–Crippen LogP) is 4.47. The van der Waals surface area contributed by atoms with E-state index in [1.54, 1.807) is 74.7 Å². The first-order chi connectivity index (χ1) is 14.0. The van der Waals surface area contributed by atoms with Crippen LogP contribution in [0.5, 0.6) is 17.2 Å². The first-order valence-electron chi connectivity index (χ1n) is 8.88. The van der Waals surface area contributed by atoms with Gasteiger partial charge in [0.1, 0.15) is 23.3 Å². The molecule has 0 saturated carbocycles. The maximum atomic E-state index is 12.8. The summed E-state index contributed by atoms with van der Waals surface area (Å²) in [6, 6.07) is 18.9. The number of methoxy groups -OCH3 is 1. The molecule has 0 N–H and O–H groups in total. The number of ether oxygens (including phenoxy) is 2. The Balaban J connectivity index is 1.76. The monoisotopic (exact) mass is 384 g/mol. The van der Waals surface area contributed by atoms with E-state index >= 15 is 0 Å². The molecule has 1 aliphatic rings. The minimum Gasteiger partial charge on any atom is -0.497 e. The molecule has 4 rings (SSSR count). The number of fused-ring (bicyclic) bond motifs is 1. The number of hydrogen-bond acceptors (Lipinski definition) is 5. The zero-order valence-corrected chi connectivity index (χ0v) is 15.8. The summed E-state index contributed by atoms with van der Waals surface area (Å²) in [6.45, 7) is 1.75. The molecule has 0 spiro atoms. The third kappa shape index (κ3) is 3.09. The van der Waals surface area contributed by atoms with Crippen LogP contribution in [0.3, 0.4) is 0 Å². The highest BCUT2D eigenvalue weighted by Gasteiger charge is 2.37. The minimum atomic E-state index is -0.395. The van der Waals surface area contributed by atoms with Crippen LogP contribution in [0, 0.1) is 18.3 Å². The lowest BCUT2D eigenvalue weighted by Gasteiger charge is -2.19. The number of amides is 2. The van der Waals surface area contributed by atoms with Crippen molar-refractivity contribution < 1.29 is 19.1 Å². The van der Waals surface area contributed by atoms with Gasteiger partial charge in [-0.15, -0.1) is 0 Å². The third-order valence-corrected chi connectivity index (χ3v) is 4.74. The molecule has 0 aliphatic carbocycles. The Bertz CT molecular complexity index is 1140. The molecule has 6 nitrogen and oxygen atoms in total. The van der Waals surface area contributed by atoms with Gasteiger partial charge in [0.05, 0.1) is 29.5 Å². The molecule has 3 aromatic rings. The Morgan fingerprint density at radius 2 is 1.48 bits per heavy atom. The van der Waals surface area contributed by atoms with Crippen molar-refractivity contribution in [3.63, 3.8) is 0 Å². The molecule has 0 bridgehead atoms. The van der Waals surface area contributed by atoms with Gasteiger partial charge >= 0.3 is 0 Å². The molecule has 1 heterocycles. The van der Waals surface area contributed by atoms with Gasteiger partial charge in [-0.05, 0) is 55.0 Å². The lowest BCUT2D eigenvalue weighted by molar-refractivity contribution is 0.0926.